The van der Waals surface area contributed by atoms with Gasteiger partial charge in [0, 0.05) is 0 Å². The van der Waals surface area contributed by atoms with E-state index in [2.05, 4.69) is 6.08 Å². The zero-order chi connectivity index (χ0) is 10.2. The van der Waals surface area contributed by atoms with Crippen molar-refractivity contribution in [1.29, 1.82) is 0 Å². The first-order valence-electron chi connectivity index (χ1n) is 5.02. The Morgan fingerprint density at radius 2 is 2.50 bits per heavy atom. The van der Waals surface area contributed by atoms with E-state index in [4.69, 9.17) is 0 Å². The molecule has 1 heterocycles. The van der Waals surface area contributed by atoms with Gasteiger partial charge >= 0.3 is 0 Å². The Balaban J connectivity index is 2.28. The molecule has 2 unspecified atom stereocenters. The fourth-order valence-corrected chi connectivity index (χ4v) is 3.80. The second-order valence-electron chi connectivity index (χ2n) is 4.16. The Bertz CT molecular complexity index is 308. The monoisotopic (exact) mass is 210 g/mol. The highest BCUT2D eigenvalue weighted by Gasteiger charge is 2.46. The number of ketones is 1. The third-order valence-electron chi connectivity index (χ3n) is 3.15. The van der Waals surface area contributed by atoms with Crippen LogP contribution in [0.4, 0.5) is 0 Å². The van der Waals surface area contributed by atoms with Gasteiger partial charge in [-0.15, -0.1) is 11.8 Å². The summed E-state index contributed by atoms with van der Waals surface area (Å²) in [5.74, 6) is 0.200. The van der Waals surface area contributed by atoms with Crippen molar-refractivity contribution < 1.29 is 9.59 Å². The van der Waals surface area contributed by atoms with Crippen LogP contribution < -0.4 is 0 Å². The first-order chi connectivity index (χ1) is 6.68. The molecule has 2 nitrogen and oxygen atoms in total. The second kappa shape index (κ2) is 3.54. The molecule has 2 aliphatic rings. The lowest BCUT2D eigenvalue weighted by Gasteiger charge is -2.26. The standard InChI is InChI=1S/C11H14O2S/c1-8(13)9-6-11(7-12)5-3-2-4-10(11)14-9/h4,7,9H,2-3,5-6H2,1H3. The number of hydrogen-bond donors (Lipinski definition) is 0. The van der Waals surface area contributed by atoms with Crippen molar-refractivity contribution >= 4 is 23.8 Å². The molecule has 1 saturated heterocycles. The minimum absolute atomic E-state index is 0.0181. The van der Waals surface area contributed by atoms with Gasteiger partial charge in [-0.05, 0) is 37.5 Å². The molecule has 0 bridgehead atoms. The maximum Gasteiger partial charge on any atom is 0.143 e. The minimum Gasteiger partial charge on any atom is -0.302 e. The predicted molar refractivity (Wildman–Crippen MR) is 57.1 cm³/mol. The van der Waals surface area contributed by atoms with Gasteiger partial charge in [0.2, 0.25) is 0 Å². The number of hydrogen-bond acceptors (Lipinski definition) is 3. The SMILES string of the molecule is CC(=O)C1CC2(C=O)CCCC=C2S1. The molecule has 0 amide bonds. The molecular weight excluding hydrogens is 196 g/mol. The number of carbonyl (C=O) groups is 2. The summed E-state index contributed by atoms with van der Waals surface area (Å²) in [6.45, 7) is 1.62. The maximum absolute atomic E-state index is 11.3. The molecule has 0 spiro atoms. The molecule has 76 valence electrons. The molecule has 1 aliphatic heterocycles. The zero-order valence-corrected chi connectivity index (χ0v) is 9.10. The summed E-state index contributed by atoms with van der Waals surface area (Å²) in [6, 6.07) is 0. The number of aldehydes is 1. The largest absolute Gasteiger partial charge is 0.302 e. The first kappa shape index (κ1) is 9.97. The molecule has 0 aromatic heterocycles. The highest BCUT2D eigenvalue weighted by Crippen LogP contribution is 2.54. The van der Waals surface area contributed by atoms with Crippen LogP contribution in [0.3, 0.4) is 0 Å². The quantitative estimate of drug-likeness (QED) is 0.656. The summed E-state index contributed by atoms with van der Waals surface area (Å²) in [7, 11) is 0. The summed E-state index contributed by atoms with van der Waals surface area (Å²) < 4.78 is 0. The van der Waals surface area contributed by atoms with Crippen LogP contribution in [0.5, 0.6) is 0 Å². The van der Waals surface area contributed by atoms with Gasteiger partial charge in [0.15, 0.2) is 0 Å². The number of carbonyl (C=O) groups excluding carboxylic acids is 2. The van der Waals surface area contributed by atoms with Crippen LogP contribution in [-0.2, 0) is 9.59 Å². The van der Waals surface area contributed by atoms with Gasteiger partial charge in [-0.2, -0.15) is 0 Å². The fraction of sp³-hybridized carbons (Fsp3) is 0.636. The van der Waals surface area contributed by atoms with Gasteiger partial charge in [0.1, 0.15) is 12.1 Å². The molecule has 1 fully saturated rings. The average Bonchev–Trinajstić information content (AvgIpc) is 2.57. The Kier molecular flexibility index (Phi) is 2.52. The summed E-state index contributed by atoms with van der Waals surface area (Å²) in [4.78, 5) is 23.6. The molecule has 0 aromatic rings. The smallest absolute Gasteiger partial charge is 0.143 e. The lowest BCUT2D eigenvalue weighted by atomic mass is 9.76. The number of thioether (sulfide) groups is 1. The Morgan fingerprint density at radius 3 is 3.07 bits per heavy atom. The average molecular weight is 210 g/mol. The van der Waals surface area contributed by atoms with E-state index in [1.807, 2.05) is 0 Å². The van der Waals surface area contributed by atoms with Crippen LogP contribution in [0.2, 0.25) is 0 Å². The molecule has 1 aliphatic carbocycles. The summed E-state index contributed by atoms with van der Waals surface area (Å²) >= 11 is 1.61. The molecule has 3 heteroatoms. The van der Waals surface area contributed by atoms with Crippen LogP contribution in [-0.4, -0.2) is 17.3 Å². The number of allylic oxidation sites excluding steroid dienone is 2. The number of Topliss-reactive ketones (excluding diaryl/α,β-unsaturated/α-hetero) is 1. The van der Waals surface area contributed by atoms with E-state index in [9.17, 15) is 9.59 Å². The van der Waals surface area contributed by atoms with Crippen molar-refractivity contribution in [3.63, 3.8) is 0 Å². The van der Waals surface area contributed by atoms with Crippen LogP contribution >= 0.6 is 11.8 Å². The molecule has 0 radical (unpaired) electrons. The van der Waals surface area contributed by atoms with Gasteiger partial charge in [0.25, 0.3) is 0 Å². The predicted octanol–water partition coefficient (Wildman–Crippen LogP) is 2.33. The van der Waals surface area contributed by atoms with Gasteiger partial charge in [-0.3, -0.25) is 4.79 Å². The Hall–Kier alpha value is -0.570. The second-order valence-corrected chi connectivity index (χ2v) is 5.40. The van der Waals surface area contributed by atoms with E-state index in [-0.39, 0.29) is 16.4 Å². The van der Waals surface area contributed by atoms with Crippen molar-refractivity contribution in [2.75, 3.05) is 0 Å². The maximum atomic E-state index is 11.3. The molecule has 0 N–H and O–H groups in total. The van der Waals surface area contributed by atoms with Gasteiger partial charge in [-0.1, -0.05) is 6.08 Å². The summed E-state index contributed by atoms with van der Waals surface area (Å²) in [6.07, 6.45) is 7.00. The van der Waals surface area contributed by atoms with Crippen molar-refractivity contribution in [2.45, 2.75) is 37.9 Å². The van der Waals surface area contributed by atoms with E-state index in [0.29, 0.717) is 0 Å². The minimum atomic E-state index is -0.292. The highest BCUT2D eigenvalue weighted by molar-refractivity contribution is 8.04. The topological polar surface area (TPSA) is 34.1 Å². The molecule has 0 aromatic carbocycles. The summed E-state index contributed by atoms with van der Waals surface area (Å²) in [5.41, 5.74) is -0.292. The van der Waals surface area contributed by atoms with Crippen LogP contribution in [0.15, 0.2) is 11.0 Å². The van der Waals surface area contributed by atoms with Gasteiger partial charge in [0.05, 0.1) is 10.7 Å². The van der Waals surface area contributed by atoms with Crippen molar-refractivity contribution in [2.24, 2.45) is 5.41 Å². The zero-order valence-electron chi connectivity index (χ0n) is 8.29. The van der Waals surface area contributed by atoms with Gasteiger partial charge in [-0.25, -0.2) is 0 Å². The first-order valence-corrected chi connectivity index (χ1v) is 5.90. The molecule has 2 atom stereocenters. The fourth-order valence-electron chi connectivity index (χ4n) is 2.26. The number of rotatable bonds is 2. The number of fused-ring (bicyclic) bond motifs is 1. The van der Waals surface area contributed by atoms with E-state index in [1.54, 1.807) is 18.7 Å². The third-order valence-corrected chi connectivity index (χ3v) is 4.76. The lowest BCUT2D eigenvalue weighted by Crippen LogP contribution is -2.25. The lowest BCUT2D eigenvalue weighted by molar-refractivity contribution is -0.117. The third kappa shape index (κ3) is 1.44. The molecule has 0 saturated carbocycles. The Labute approximate surface area is 88.1 Å². The van der Waals surface area contributed by atoms with E-state index < -0.39 is 0 Å². The molecular formula is C11H14O2S. The van der Waals surface area contributed by atoms with Crippen LogP contribution in [0.25, 0.3) is 0 Å². The van der Waals surface area contributed by atoms with E-state index in [0.717, 1.165) is 36.9 Å². The summed E-state index contributed by atoms with van der Waals surface area (Å²) in [5, 5.41) is 0.0181. The van der Waals surface area contributed by atoms with Crippen molar-refractivity contribution in [3.8, 4) is 0 Å². The van der Waals surface area contributed by atoms with E-state index >= 15 is 0 Å². The molecule has 2 rings (SSSR count). The van der Waals surface area contributed by atoms with Gasteiger partial charge < -0.3 is 4.79 Å². The van der Waals surface area contributed by atoms with Crippen molar-refractivity contribution in [1.82, 2.24) is 0 Å². The van der Waals surface area contributed by atoms with Crippen LogP contribution in [0.1, 0.15) is 32.6 Å². The highest BCUT2D eigenvalue weighted by atomic mass is 32.2. The Morgan fingerprint density at radius 1 is 1.71 bits per heavy atom. The van der Waals surface area contributed by atoms with E-state index in [1.165, 1.54) is 0 Å². The van der Waals surface area contributed by atoms with Crippen LogP contribution in [0, 0.1) is 5.41 Å². The molecule has 14 heavy (non-hydrogen) atoms. The normalized spacial score (nSPS) is 36.1. The van der Waals surface area contributed by atoms with Crippen molar-refractivity contribution in [3.05, 3.63) is 11.0 Å².